The van der Waals surface area contributed by atoms with Gasteiger partial charge in [-0.2, -0.15) is 0 Å². The summed E-state index contributed by atoms with van der Waals surface area (Å²) in [6.07, 6.45) is 1.17. The van der Waals surface area contributed by atoms with Crippen LogP contribution in [0, 0.1) is 0 Å². The van der Waals surface area contributed by atoms with Gasteiger partial charge in [-0.3, -0.25) is 10.1 Å². The summed E-state index contributed by atoms with van der Waals surface area (Å²) in [5, 5.41) is 2.34. The first kappa shape index (κ1) is 37.6. The lowest BCUT2D eigenvalue weighted by atomic mass is 9.94. The van der Waals surface area contributed by atoms with E-state index in [2.05, 4.69) is 31.1 Å². The molecule has 1 amide bonds. The summed E-state index contributed by atoms with van der Waals surface area (Å²) in [7, 11) is -4.59. The van der Waals surface area contributed by atoms with Crippen molar-refractivity contribution in [2.24, 2.45) is 0 Å². The van der Waals surface area contributed by atoms with Crippen molar-refractivity contribution in [3.8, 4) is 5.75 Å². The molecule has 0 bridgehead atoms. The molecule has 3 heterocycles. The Hall–Kier alpha value is -3.66. The summed E-state index contributed by atoms with van der Waals surface area (Å²) >= 11 is 4.64. The zero-order chi connectivity index (χ0) is 36.5. The summed E-state index contributed by atoms with van der Waals surface area (Å²) < 4.78 is 42.2. The summed E-state index contributed by atoms with van der Waals surface area (Å²) in [5.41, 5.74) is -3.83. The number of aromatic nitrogens is 1. The number of benzene rings is 2. The third-order valence-electron chi connectivity index (χ3n) is 8.19. The van der Waals surface area contributed by atoms with Gasteiger partial charge in [-0.25, -0.2) is 27.3 Å². The molecular formula is C35H42BrN5O7S2. The van der Waals surface area contributed by atoms with E-state index in [1.54, 1.807) is 44.0 Å². The number of halogens is 1. The van der Waals surface area contributed by atoms with Gasteiger partial charge in [-0.15, -0.1) is 11.8 Å². The predicted octanol–water partition coefficient (Wildman–Crippen LogP) is 5.47. The number of piperazine rings is 1. The number of esters is 1. The number of sulfonamides is 1. The Kier molecular flexibility index (Phi) is 10.9. The van der Waals surface area contributed by atoms with Crippen LogP contribution in [0.5, 0.6) is 5.75 Å². The average molecular weight is 789 g/mol. The van der Waals surface area contributed by atoms with Crippen LogP contribution in [0.1, 0.15) is 41.5 Å². The third kappa shape index (κ3) is 8.27. The summed E-state index contributed by atoms with van der Waals surface area (Å²) in [5.74, 6) is -0.147. The molecule has 2 fully saturated rings. The SMILES string of the molecule is CC1(C)CS[C@@H](C(=O)[C@](C)(C(=O)OC(C)(C)C)N(c2ccc(OC(=O)N3CCN(c4ccccn4)CC3)cc2)S(=O)(=O)c2ccc(Br)cc2)N1. The molecule has 0 saturated carbocycles. The van der Waals surface area contributed by atoms with Crippen molar-refractivity contribution >= 4 is 67.1 Å². The number of ketones is 1. The maximum Gasteiger partial charge on any atom is 0.415 e. The summed E-state index contributed by atoms with van der Waals surface area (Å²) in [6, 6.07) is 17.3. The molecule has 15 heteroatoms. The van der Waals surface area contributed by atoms with E-state index in [-0.39, 0.29) is 16.3 Å². The highest BCUT2D eigenvalue weighted by molar-refractivity contribution is 9.10. The van der Waals surface area contributed by atoms with Crippen molar-refractivity contribution in [3.63, 3.8) is 0 Å². The van der Waals surface area contributed by atoms with Crippen LogP contribution in [0.25, 0.3) is 0 Å². The molecular weight excluding hydrogens is 746 g/mol. The van der Waals surface area contributed by atoms with E-state index in [0.29, 0.717) is 36.4 Å². The molecule has 0 aliphatic carbocycles. The molecule has 2 saturated heterocycles. The highest BCUT2D eigenvalue weighted by atomic mass is 79.9. The Labute approximate surface area is 306 Å². The van der Waals surface area contributed by atoms with Gasteiger partial charge in [0.1, 0.15) is 22.5 Å². The van der Waals surface area contributed by atoms with Crippen molar-refractivity contribution < 1.29 is 32.3 Å². The minimum absolute atomic E-state index is 0.000611. The van der Waals surface area contributed by atoms with Crippen LogP contribution < -0.4 is 19.3 Å². The largest absolute Gasteiger partial charge is 0.458 e. The van der Waals surface area contributed by atoms with E-state index in [9.17, 15) is 22.8 Å². The Balaban J connectivity index is 1.48. The van der Waals surface area contributed by atoms with Crippen LogP contribution in [-0.2, 0) is 24.3 Å². The first-order valence-corrected chi connectivity index (χ1v) is 19.4. The van der Waals surface area contributed by atoms with Crippen molar-refractivity contribution in [2.75, 3.05) is 41.1 Å². The smallest absolute Gasteiger partial charge is 0.415 e. The number of hydrogen-bond donors (Lipinski definition) is 1. The number of carbonyl (C=O) groups is 3. The highest BCUT2D eigenvalue weighted by Crippen LogP contribution is 2.39. The molecule has 0 unspecified atom stereocenters. The van der Waals surface area contributed by atoms with Gasteiger partial charge in [-0.1, -0.05) is 22.0 Å². The van der Waals surface area contributed by atoms with Crippen molar-refractivity contribution in [3.05, 3.63) is 77.4 Å². The number of nitrogens with zero attached hydrogens (tertiary/aromatic N) is 4. The van der Waals surface area contributed by atoms with Gasteiger partial charge >= 0.3 is 12.1 Å². The molecule has 50 heavy (non-hydrogen) atoms. The van der Waals surface area contributed by atoms with Gasteiger partial charge in [0, 0.05) is 48.1 Å². The average Bonchev–Trinajstić information content (AvgIpc) is 3.44. The van der Waals surface area contributed by atoms with Crippen LogP contribution >= 0.6 is 27.7 Å². The number of pyridine rings is 1. The van der Waals surface area contributed by atoms with Crippen molar-refractivity contribution in [1.82, 2.24) is 15.2 Å². The first-order valence-electron chi connectivity index (χ1n) is 16.1. The van der Waals surface area contributed by atoms with Gasteiger partial charge in [0.15, 0.2) is 5.78 Å². The molecule has 2 aliphatic heterocycles. The van der Waals surface area contributed by atoms with E-state index in [4.69, 9.17) is 9.47 Å². The van der Waals surface area contributed by atoms with Crippen molar-refractivity contribution in [1.29, 1.82) is 0 Å². The van der Waals surface area contributed by atoms with Crippen LogP contribution in [0.3, 0.4) is 0 Å². The van der Waals surface area contributed by atoms with Crippen LogP contribution in [0.15, 0.2) is 82.3 Å². The van der Waals surface area contributed by atoms with E-state index in [0.717, 1.165) is 10.1 Å². The van der Waals surface area contributed by atoms with E-state index < -0.39 is 49.9 Å². The Bertz CT molecular complexity index is 1810. The molecule has 1 N–H and O–H groups in total. The Morgan fingerprint density at radius 2 is 1.60 bits per heavy atom. The van der Waals surface area contributed by atoms with E-state index in [1.165, 1.54) is 55.1 Å². The lowest BCUT2D eigenvalue weighted by molar-refractivity contribution is -0.162. The number of rotatable bonds is 9. The molecule has 2 aromatic carbocycles. The van der Waals surface area contributed by atoms with E-state index in [1.807, 2.05) is 32.0 Å². The number of amides is 1. The minimum atomic E-state index is -4.59. The topological polar surface area (TPSA) is 138 Å². The fraction of sp³-hybridized carbons (Fsp3) is 0.429. The number of carbonyl (C=O) groups excluding carboxylic acids is 3. The lowest BCUT2D eigenvalue weighted by Crippen LogP contribution is -2.65. The zero-order valence-corrected chi connectivity index (χ0v) is 32.1. The quantitative estimate of drug-likeness (QED) is 0.218. The number of hydrogen-bond acceptors (Lipinski definition) is 11. The van der Waals surface area contributed by atoms with Gasteiger partial charge in [-0.05, 0) is 102 Å². The van der Waals surface area contributed by atoms with Gasteiger partial charge in [0.25, 0.3) is 10.0 Å². The summed E-state index contributed by atoms with van der Waals surface area (Å²) in [4.78, 5) is 49.8. The maximum absolute atomic E-state index is 14.6. The number of thioether (sulfide) groups is 1. The molecule has 0 radical (unpaired) electrons. The molecule has 0 spiro atoms. The second-order valence-electron chi connectivity index (χ2n) is 13.9. The third-order valence-corrected chi connectivity index (χ3v) is 12.2. The predicted molar refractivity (Wildman–Crippen MR) is 197 cm³/mol. The molecule has 2 atom stereocenters. The number of nitrogens with one attached hydrogen (secondary N) is 1. The molecule has 1 aromatic heterocycles. The fourth-order valence-electron chi connectivity index (χ4n) is 5.61. The van der Waals surface area contributed by atoms with Gasteiger partial charge in [0.2, 0.25) is 5.54 Å². The second kappa shape index (κ2) is 14.5. The molecule has 5 rings (SSSR count). The van der Waals surface area contributed by atoms with Gasteiger partial charge < -0.3 is 19.3 Å². The molecule has 12 nitrogen and oxygen atoms in total. The molecule has 2 aliphatic rings. The first-order chi connectivity index (χ1) is 23.4. The Morgan fingerprint density at radius 1 is 0.960 bits per heavy atom. The second-order valence-corrected chi connectivity index (χ2v) is 17.7. The summed E-state index contributed by atoms with van der Waals surface area (Å²) in [6.45, 7) is 12.1. The molecule has 3 aromatic rings. The van der Waals surface area contributed by atoms with Crippen LogP contribution in [0.2, 0.25) is 0 Å². The monoisotopic (exact) mass is 787 g/mol. The minimum Gasteiger partial charge on any atom is -0.458 e. The Morgan fingerprint density at radius 3 is 2.14 bits per heavy atom. The highest BCUT2D eigenvalue weighted by Gasteiger charge is 2.57. The lowest BCUT2D eigenvalue weighted by Gasteiger charge is -2.41. The number of Topliss-reactive ketones (excluding diaryl/α,β-unsaturated/α-hetero) is 1. The van der Waals surface area contributed by atoms with Gasteiger partial charge in [0.05, 0.1) is 10.6 Å². The van der Waals surface area contributed by atoms with Crippen molar-refractivity contribution in [2.45, 2.75) is 68.5 Å². The van der Waals surface area contributed by atoms with Crippen LogP contribution in [0.4, 0.5) is 16.3 Å². The molecule has 268 valence electrons. The normalized spacial score (nSPS) is 19.0. The standard InChI is InChI=1S/C35H42BrN5O7S2/c1-33(2,3)48-31(43)35(6,29(42)30-38-34(4,5)23-49-30)41(50(45,46)27-16-10-24(36)11-17-27)25-12-14-26(15-13-25)47-32(44)40-21-19-39(20-22-40)28-9-7-8-18-37-28/h7-18,30,38H,19-23H2,1-6H3/t30-,35+/m0/s1. The number of anilines is 2. The van der Waals surface area contributed by atoms with Crippen LogP contribution in [-0.4, -0.2) is 90.1 Å². The van der Waals surface area contributed by atoms with E-state index >= 15 is 0 Å². The maximum atomic E-state index is 14.6. The zero-order valence-electron chi connectivity index (χ0n) is 28.9. The fourth-order valence-corrected chi connectivity index (χ4v) is 9.06. The number of ether oxygens (including phenoxy) is 2.